The average Bonchev–Trinajstić information content (AvgIpc) is 3.33. The van der Waals surface area contributed by atoms with E-state index in [-0.39, 0.29) is 5.88 Å². The summed E-state index contributed by atoms with van der Waals surface area (Å²) < 4.78 is 11.9. The van der Waals surface area contributed by atoms with Crippen molar-refractivity contribution in [1.29, 1.82) is 0 Å². The molecule has 5 rings (SSSR count). The van der Waals surface area contributed by atoms with Gasteiger partial charge < -0.3 is 19.5 Å². The second-order valence-electron chi connectivity index (χ2n) is 8.37. The Morgan fingerprint density at radius 1 is 1.03 bits per heavy atom. The third-order valence-corrected chi connectivity index (χ3v) is 7.04. The minimum Gasteiger partial charge on any atom is -0.494 e. The van der Waals surface area contributed by atoms with Gasteiger partial charge in [-0.05, 0) is 61.2 Å². The number of thiophene rings is 1. The van der Waals surface area contributed by atoms with Gasteiger partial charge in [-0.3, -0.25) is 4.90 Å². The average molecular weight is 478 g/mol. The molecule has 4 aromatic rings. The lowest BCUT2D eigenvalue weighted by molar-refractivity contribution is 0.142. The molecule has 1 aliphatic rings. The van der Waals surface area contributed by atoms with E-state index in [4.69, 9.17) is 9.84 Å². The van der Waals surface area contributed by atoms with Crippen LogP contribution in [-0.2, 0) is 0 Å². The first kappa shape index (κ1) is 22.4. The molecule has 0 bridgehead atoms. The Morgan fingerprint density at radius 2 is 1.88 bits per heavy atom. The van der Waals surface area contributed by atoms with Gasteiger partial charge >= 0.3 is 6.16 Å². The molecular formula is C26H27N3O4S. The lowest BCUT2D eigenvalue weighted by atomic mass is 10.2. The molecule has 176 valence electrons. The van der Waals surface area contributed by atoms with Gasteiger partial charge in [-0.25, -0.2) is 9.78 Å². The van der Waals surface area contributed by atoms with E-state index >= 15 is 0 Å². The number of hydrogen-bond donors (Lipinski definition) is 1. The van der Waals surface area contributed by atoms with Crippen LogP contribution in [0.5, 0.6) is 11.6 Å². The molecule has 8 heteroatoms. The van der Waals surface area contributed by atoms with Gasteiger partial charge in [0.1, 0.15) is 5.75 Å². The summed E-state index contributed by atoms with van der Waals surface area (Å²) in [4.78, 5) is 20.0. The first-order valence-electron chi connectivity index (χ1n) is 11.5. The summed E-state index contributed by atoms with van der Waals surface area (Å²) in [7, 11) is 0. The Bertz CT molecular complexity index is 1280. The van der Waals surface area contributed by atoms with Crippen molar-refractivity contribution in [3.05, 3.63) is 60.0 Å². The highest BCUT2D eigenvalue weighted by Crippen LogP contribution is 2.31. The molecule has 0 saturated carbocycles. The molecule has 0 amide bonds. The van der Waals surface area contributed by atoms with Crippen LogP contribution in [0.25, 0.3) is 21.0 Å². The highest BCUT2D eigenvalue weighted by Gasteiger charge is 2.18. The number of aromatic nitrogens is 1. The van der Waals surface area contributed by atoms with Gasteiger partial charge in [-0.1, -0.05) is 6.07 Å². The molecule has 1 saturated heterocycles. The molecule has 0 aliphatic carbocycles. The number of piperazine rings is 1. The summed E-state index contributed by atoms with van der Waals surface area (Å²) in [5.41, 5.74) is 2.01. The zero-order valence-corrected chi connectivity index (χ0v) is 19.7. The van der Waals surface area contributed by atoms with E-state index in [2.05, 4.69) is 49.2 Å². The Hall–Kier alpha value is -3.36. The Kier molecular flexibility index (Phi) is 6.78. The second kappa shape index (κ2) is 10.3. The molecular weight excluding hydrogens is 450 g/mol. The van der Waals surface area contributed by atoms with Gasteiger partial charge in [0.2, 0.25) is 5.88 Å². The lowest BCUT2D eigenvalue weighted by Crippen LogP contribution is -2.46. The van der Waals surface area contributed by atoms with E-state index < -0.39 is 6.16 Å². The van der Waals surface area contributed by atoms with Crippen molar-refractivity contribution in [2.45, 2.75) is 12.8 Å². The van der Waals surface area contributed by atoms with Crippen molar-refractivity contribution in [2.75, 3.05) is 44.2 Å². The van der Waals surface area contributed by atoms with Crippen molar-refractivity contribution in [3.63, 3.8) is 0 Å². The third kappa shape index (κ3) is 5.24. The predicted octanol–water partition coefficient (Wildman–Crippen LogP) is 5.49. The van der Waals surface area contributed by atoms with E-state index in [1.54, 1.807) is 23.5 Å². The Balaban J connectivity index is 1.05. The SMILES string of the molecule is O=C(O)Oc1ccc2ccc(OCCCCN3CCN(c4cccc5sccc45)CC3)cc2n1. The van der Waals surface area contributed by atoms with Gasteiger partial charge in [-0.15, -0.1) is 11.3 Å². The molecule has 3 heterocycles. The number of benzene rings is 2. The quantitative estimate of drug-likeness (QED) is 0.266. The van der Waals surface area contributed by atoms with E-state index in [9.17, 15) is 4.79 Å². The molecule has 0 unspecified atom stereocenters. The van der Waals surface area contributed by atoms with Crippen LogP contribution in [0.2, 0.25) is 0 Å². The number of fused-ring (bicyclic) bond motifs is 2. The number of ether oxygens (including phenoxy) is 2. The molecule has 34 heavy (non-hydrogen) atoms. The fraction of sp³-hybridized carbons (Fsp3) is 0.308. The lowest BCUT2D eigenvalue weighted by Gasteiger charge is -2.36. The van der Waals surface area contributed by atoms with Crippen LogP contribution in [0.1, 0.15) is 12.8 Å². The Labute approximate surface area is 202 Å². The zero-order valence-electron chi connectivity index (χ0n) is 18.9. The first-order chi connectivity index (χ1) is 16.7. The maximum Gasteiger partial charge on any atom is 0.512 e. The molecule has 1 aliphatic heterocycles. The first-order valence-corrected chi connectivity index (χ1v) is 12.4. The van der Waals surface area contributed by atoms with Gasteiger partial charge in [0.25, 0.3) is 0 Å². The van der Waals surface area contributed by atoms with Crippen LogP contribution in [0, 0.1) is 0 Å². The number of rotatable bonds is 8. The van der Waals surface area contributed by atoms with Gasteiger partial charge in [0.05, 0.1) is 12.1 Å². The minimum atomic E-state index is -1.37. The smallest absolute Gasteiger partial charge is 0.494 e. The number of carbonyl (C=O) groups is 1. The summed E-state index contributed by atoms with van der Waals surface area (Å²) in [6.45, 7) is 6.00. The molecule has 0 radical (unpaired) electrons. The normalized spacial score (nSPS) is 14.5. The summed E-state index contributed by atoms with van der Waals surface area (Å²) in [5.74, 6) is 0.785. The fourth-order valence-corrected chi connectivity index (χ4v) is 5.22. The van der Waals surface area contributed by atoms with Crippen LogP contribution < -0.4 is 14.4 Å². The van der Waals surface area contributed by atoms with Crippen LogP contribution in [0.15, 0.2) is 60.0 Å². The maximum atomic E-state index is 10.7. The molecule has 0 spiro atoms. The topological polar surface area (TPSA) is 75.1 Å². The van der Waals surface area contributed by atoms with Gasteiger partial charge in [-0.2, -0.15) is 0 Å². The van der Waals surface area contributed by atoms with Crippen molar-refractivity contribution < 1.29 is 19.4 Å². The summed E-state index contributed by atoms with van der Waals surface area (Å²) in [5, 5.41) is 13.2. The van der Waals surface area contributed by atoms with Crippen LogP contribution in [-0.4, -0.2) is 60.5 Å². The zero-order chi connectivity index (χ0) is 23.3. The van der Waals surface area contributed by atoms with Gasteiger partial charge in [0, 0.05) is 59.5 Å². The minimum absolute atomic E-state index is 0.0595. The van der Waals surface area contributed by atoms with Gasteiger partial charge in [0.15, 0.2) is 0 Å². The molecule has 1 N–H and O–H groups in total. The van der Waals surface area contributed by atoms with Crippen LogP contribution in [0.3, 0.4) is 0 Å². The highest BCUT2D eigenvalue weighted by atomic mass is 32.1. The number of hydrogen-bond acceptors (Lipinski definition) is 7. The maximum absolute atomic E-state index is 10.7. The van der Waals surface area contributed by atoms with Crippen molar-refractivity contribution >= 4 is 44.2 Å². The number of anilines is 1. The van der Waals surface area contributed by atoms with Crippen LogP contribution in [0.4, 0.5) is 10.5 Å². The second-order valence-corrected chi connectivity index (χ2v) is 9.31. The standard InChI is InChI=1S/C26H27N3O4S/c30-26(31)33-25-9-7-19-6-8-20(18-22(19)27-25)32-16-2-1-11-28-12-14-29(15-13-28)23-4-3-5-24-21(23)10-17-34-24/h3-10,17-18H,1-2,11-16H2,(H,30,31). The highest BCUT2D eigenvalue weighted by molar-refractivity contribution is 7.17. The van der Waals surface area contributed by atoms with Crippen molar-refractivity contribution in [1.82, 2.24) is 9.88 Å². The predicted molar refractivity (Wildman–Crippen MR) is 136 cm³/mol. The van der Waals surface area contributed by atoms with Crippen molar-refractivity contribution in [2.24, 2.45) is 0 Å². The molecule has 2 aromatic heterocycles. The summed E-state index contributed by atoms with van der Waals surface area (Å²) in [6, 6.07) is 17.8. The van der Waals surface area contributed by atoms with E-state index in [0.717, 1.165) is 56.7 Å². The van der Waals surface area contributed by atoms with Crippen LogP contribution >= 0.6 is 11.3 Å². The summed E-state index contributed by atoms with van der Waals surface area (Å²) >= 11 is 1.80. The van der Waals surface area contributed by atoms with E-state index in [1.807, 2.05) is 18.2 Å². The molecule has 0 atom stereocenters. The number of pyridine rings is 1. The number of unbranched alkanes of at least 4 members (excludes halogenated alkanes) is 1. The van der Waals surface area contributed by atoms with Crippen molar-refractivity contribution in [3.8, 4) is 11.6 Å². The molecule has 1 fully saturated rings. The number of carboxylic acid groups (broad SMARTS) is 1. The molecule has 2 aromatic carbocycles. The number of nitrogens with zero attached hydrogens (tertiary/aromatic N) is 3. The fourth-order valence-electron chi connectivity index (χ4n) is 4.41. The Morgan fingerprint density at radius 3 is 2.74 bits per heavy atom. The summed E-state index contributed by atoms with van der Waals surface area (Å²) in [6.07, 6.45) is 0.686. The van der Waals surface area contributed by atoms with E-state index in [1.165, 1.54) is 15.8 Å². The monoisotopic (exact) mass is 477 g/mol. The largest absolute Gasteiger partial charge is 0.512 e. The van der Waals surface area contributed by atoms with E-state index in [0.29, 0.717) is 12.1 Å². The molecule has 7 nitrogen and oxygen atoms in total. The third-order valence-electron chi connectivity index (χ3n) is 6.15.